The monoisotopic (exact) mass is 262 g/mol. The van der Waals surface area contributed by atoms with Gasteiger partial charge in [0.05, 0.1) is 0 Å². The summed E-state index contributed by atoms with van der Waals surface area (Å²) in [4.78, 5) is 12.1. The minimum atomic E-state index is -0.342. The second-order valence-electron chi connectivity index (χ2n) is 4.92. The normalized spacial score (nSPS) is 13.8. The van der Waals surface area contributed by atoms with Crippen LogP contribution in [0.15, 0.2) is 85.5 Å². The summed E-state index contributed by atoms with van der Waals surface area (Å²) in [6.45, 7) is 5.94. The van der Waals surface area contributed by atoms with Crippen molar-refractivity contribution in [1.82, 2.24) is 0 Å². The summed E-state index contributed by atoms with van der Waals surface area (Å²) in [5.74, 6) is 0.00889. The van der Waals surface area contributed by atoms with Crippen molar-refractivity contribution in [2.24, 2.45) is 0 Å². The van der Waals surface area contributed by atoms with Crippen LogP contribution in [-0.4, -0.2) is 5.78 Å². The van der Waals surface area contributed by atoms with Crippen molar-refractivity contribution in [2.75, 3.05) is 0 Å². The van der Waals surface area contributed by atoms with Crippen molar-refractivity contribution in [1.29, 1.82) is 0 Å². The highest BCUT2D eigenvalue weighted by Crippen LogP contribution is 2.26. The highest BCUT2D eigenvalue weighted by atomic mass is 16.1. The Hall–Kier alpha value is -2.41. The van der Waals surface area contributed by atoms with Gasteiger partial charge in [-0.05, 0) is 18.6 Å². The lowest BCUT2D eigenvalue weighted by molar-refractivity contribution is 0.104. The molecule has 0 fully saturated rings. The van der Waals surface area contributed by atoms with Gasteiger partial charge in [-0.25, -0.2) is 0 Å². The molecule has 2 aromatic rings. The maximum atomic E-state index is 12.1. The molecule has 1 nitrogen and oxygen atoms in total. The SMILES string of the molecule is C=C[C@](C)(C=CC(=O)c1ccccc1)c1ccccc1. The molecule has 0 saturated heterocycles. The van der Waals surface area contributed by atoms with Gasteiger partial charge in [0.25, 0.3) is 0 Å². The van der Waals surface area contributed by atoms with Crippen molar-refractivity contribution in [2.45, 2.75) is 12.3 Å². The van der Waals surface area contributed by atoms with Gasteiger partial charge >= 0.3 is 0 Å². The number of hydrogen-bond acceptors (Lipinski definition) is 1. The Kier molecular flexibility index (Phi) is 4.31. The van der Waals surface area contributed by atoms with E-state index in [1.54, 1.807) is 6.08 Å². The Bertz CT molecular complexity index is 611. The smallest absolute Gasteiger partial charge is 0.185 e. The quantitative estimate of drug-likeness (QED) is 0.438. The third-order valence-electron chi connectivity index (χ3n) is 3.46. The molecule has 0 aromatic heterocycles. The van der Waals surface area contributed by atoms with Gasteiger partial charge in [-0.2, -0.15) is 0 Å². The van der Waals surface area contributed by atoms with Crippen LogP contribution in [0.4, 0.5) is 0 Å². The lowest BCUT2D eigenvalue weighted by atomic mass is 9.82. The third kappa shape index (κ3) is 3.12. The first-order valence-electron chi connectivity index (χ1n) is 6.63. The Morgan fingerprint density at radius 3 is 2.10 bits per heavy atom. The molecule has 0 radical (unpaired) electrons. The summed E-state index contributed by atoms with van der Waals surface area (Å²) in [7, 11) is 0. The largest absolute Gasteiger partial charge is 0.289 e. The number of carbonyl (C=O) groups excluding carboxylic acids is 1. The second-order valence-corrected chi connectivity index (χ2v) is 4.92. The van der Waals surface area contributed by atoms with E-state index in [9.17, 15) is 4.79 Å². The van der Waals surface area contributed by atoms with Crippen molar-refractivity contribution in [3.63, 3.8) is 0 Å². The maximum Gasteiger partial charge on any atom is 0.185 e. The Morgan fingerprint density at radius 2 is 1.55 bits per heavy atom. The zero-order valence-electron chi connectivity index (χ0n) is 11.6. The van der Waals surface area contributed by atoms with Gasteiger partial charge < -0.3 is 0 Å². The van der Waals surface area contributed by atoms with Crippen molar-refractivity contribution in [3.8, 4) is 0 Å². The van der Waals surface area contributed by atoms with E-state index in [0.717, 1.165) is 5.56 Å². The number of ketones is 1. The first-order valence-corrected chi connectivity index (χ1v) is 6.63. The first kappa shape index (κ1) is 14.0. The molecule has 2 rings (SSSR count). The maximum absolute atomic E-state index is 12.1. The summed E-state index contributed by atoms with van der Waals surface area (Å²) in [6, 6.07) is 19.3. The van der Waals surface area contributed by atoms with Gasteiger partial charge in [0.2, 0.25) is 0 Å². The molecule has 2 aromatic carbocycles. The number of allylic oxidation sites excluding steroid dienone is 3. The van der Waals surface area contributed by atoms with Crippen LogP contribution in [0.25, 0.3) is 0 Å². The van der Waals surface area contributed by atoms with Gasteiger partial charge in [0.15, 0.2) is 5.78 Å². The predicted molar refractivity (Wildman–Crippen MR) is 83.9 cm³/mol. The topological polar surface area (TPSA) is 17.1 Å². The van der Waals surface area contributed by atoms with Crippen LogP contribution in [0.5, 0.6) is 0 Å². The van der Waals surface area contributed by atoms with E-state index in [2.05, 4.69) is 6.58 Å². The molecule has 0 amide bonds. The van der Waals surface area contributed by atoms with Crippen molar-refractivity contribution >= 4 is 5.78 Å². The van der Waals surface area contributed by atoms with E-state index in [4.69, 9.17) is 0 Å². The van der Waals surface area contributed by atoms with Crippen LogP contribution in [-0.2, 0) is 5.41 Å². The molecule has 100 valence electrons. The molecule has 20 heavy (non-hydrogen) atoms. The fourth-order valence-electron chi connectivity index (χ4n) is 2.03. The Morgan fingerprint density at radius 1 is 1.00 bits per heavy atom. The Labute approximate surface area is 120 Å². The molecule has 0 heterocycles. The molecule has 0 aliphatic carbocycles. The minimum Gasteiger partial charge on any atom is -0.289 e. The fourth-order valence-corrected chi connectivity index (χ4v) is 2.03. The molecule has 0 unspecified atom stereocenters. The summed E-state index contributed by atoms with van der Waals surface area (Å²) in [6.07, 6.45) is 5.39. The zero-order chi connectivity index (χ0) is 14.4. The highest BCUT2D eigenvalue weighted by molar-refractivity contribution is 6.04. The lowest BCUT2D eigenvalue weighted by Crippen LogP contribution is -2.15. The van der Waals surface area contributed by atoms with E-state index >= 15 is 0 Å². The number of carbonyl (C=O) groups is 1. The van der Waals surface area contributed by atoms with Gasteiger partial charge in [-0.1, -0.05) is 72.8 Å². The molecule has 0 aliphatic rings. The lowest BCUT2D eigenvalue weighted by Gasteiger charge is -2.22. The molecule has 1 atom stereocenters. The van der Waals surface area contributed by atoms with Crippen LogP contribution in [0, 0.1) is 0 Å². The average molecular weight is 262 g/mol. The molecular weight excluding hydrogens is 244 g/mol. The minimum absolute atomic E-state index is 0.00889. The number of hydrogen-bond donors (Lipinski definition) is 0. The molecule has 0 saturated carbocycles. The molecule has 0 bridgehead atoms. The third-order valence-corrected chi connectivity index (χ3v) is 3.46. The summed E-state index contributed by atoms with van der Waals surface area (Å²) >= 11 is 0. The van der Waals surface area contributed by atoms with Gasteiger partial charge in [0, 0.05) is 11.0 Å². The van der Waals surface area contributed by atoms with Crippen molar-refractivity contribution in [3.05, 3.63) is 96.6 Å². The molecule has 0 N–H and O–H groups in total. The zero-order valence-corrected chi connectivity index (χ0v) is 11.6. The van der Waals surface area contributed by atoms with Crippen molar-refractivity contribution < 1.29 is 4.79 Å². The summed E-state index contributed by atoms with van der Waals surface area (Å²) in [5, 5.41) is 0. The van der Waals surface area contributed by atoms with Gasteiger partial charge in [0.1, 0.15) is 0 Å². The Balaban J connectivity index is 2.24. The summed E-state index contributed by atoms with van der Waals surface area (Å²) < 4.78 is 0. The van der Waals surface area contributed by atoms with Gasteiger partial charge in [-0.3, -0.25) is 4.79 Å². The van der Waals surface area contributed by atoms with Crippen LogP contribution in [0.2, 0.25) is 0 Å². The van der Waals surface area contributed by atoms with E-state index in [1.165, 1.54) is 0 Å². The van der Waals surface area contributed by atoms with Crippen LogP contribution >= 0.6 is 0 Å². The van der Waals surface area contributed by atoms with E-state index in [0.29, 0.717) is 5.56 Å². The van der Waals surface area contributed by atoms with Gasteiger partial charge in [-0.15, -0.1) is 6.58 Å². The summed E-state index contributed by atoms with van der Waals surface area (Å²) in [5.41, 5.74) is 1.47. The fraction of sp³-hybridized carbons (Fsp3) is 0.105. The molecular formula is C19H18O. The van der Waals surface area contributed by atoms with E-state index in [-0.39, 0.29) is 11.2 Å². The van der Waals surface area contributed by atoms with E-state index in [1.807, 2.05) is 79.7 Å². The number of rotatable bonds is 5. The van der Waals surface area contributed by atoms with Crippen LogP contribution < -0.4 is 0 Å². The molecule has 0 spiro atoms. The predicted octanol–water partition coefficient (Wildman–Crippen LogP) is 4.57. The number of benzene rings is 2. The second kappa shape index (κ2) is 6.16. The molecule has 0 aliphatic heterocycles. The van der Waals surface area contributed by atoms with Crippen LogP contribution in [0.3, 0.4) is 0 Å². The highest BCUT2D eigenvalue weighted by Gasteiger charge is 2.19. The van der Waals surface area contributed by atoms with Crippen LogP contribution in [0.1, 0.15) is 22.8 Å². The molecule has 1 heteroatoms. The van der Waals surface area contributed by atoms with E-state index < -0.39 is 0 Å². The standard InChI is InChI=1S/C19H18O/c1-3-19(2,17-12-8-5-9-13-17)15-14-18(20)16-10-6-4-7-11-16/h3-15H,1H2,2H3/t19-/m1/s1. The first-order chi connectivity index (χ1) is 9.65. The average Bonchev–Trinajstić information content (AvgIpc) is 2.54.